The molecule has 1 fully saturated rings. The molecule has 0 aliphatic carbocycles. The maximum atomic E-state index is 12.7. The van der Waals surface area contributed by atoms with Crippen molar-refractivity contribution in [2.45, 2.75) is 25.3 Å². The number of carbonyl (C=O) groups is 3. The zero-order valence-corrected chi connectivity index (χ0v) is 31.5. The number of halogens is 1. The van der Waals surface area contributed by atoms with Crippen molar-refractivity contribution in [2.24, 2.45) is 0 Å². The van der Waals surface area contributed by atoms with E-state index in [-0.39, 0.29) is 30.7 Å². The van der Waals surface area contributed by atoms with Crippen molar-refractivity contribution in [3.63, 3.8) is 0 Å². The number of nitrogens with zero attached hydrogens (tertiary/aromatic N) is 3. The summed E-state index contributed by atoms with van der Waals surface area (Å²) in [7, 11) is 0. The Kier molecular flexibility index (Phi) is 28.2. The highest BCUT2D eigenvalue weighted by molar-refractivity contribution is 9.10. The highest BCUT2D eigenvalue weighted by atomic mass is 79.9. The molecule has 1 aromatic rings. The lowest BCUT2D eigenvalue weighted by Gasteiger charge is -2.23. The molecule has 2 rings (SSSR count). The first-order chi connectivity index (χ1) is 25.5. The molecule has 0 spiro atoms. The molecule has 298 valence electrons. The van der Waals surface area contributed by atoms with E-state index >= 15 is 0 Å². The molecule has 1 atom stereocenters. The van der Waals surface area contributed by atoms with Crippen molar-refractivity contribution in [3.8, 4) is 0 Å². The number of amides is 2. The van der Waals surface area contributed by atoms with Gasteiger partial charge in [0, 0.05) is 25.5 Å². The minimum Gasteiger partial charge on any atom is -0.481 e. The van der Waals surface area contributed by atoms with Crippen LogP contribution in [0, 0.1) is 0 Å². The molecule has 1 aliphatic rings. The van der Waals surface area contributed by atoms with E-state index in [1.807, 2.05) is 0 Å². The Morgan fingerprint density at radius 3 is 1.38 bits per heavy atom. The van der Waals surface area contributed by atoms with Gasteiger partial charge in [0.2, 0.25) is 11.7 Å². The zero-order valence-electron chi connectivity index (χ0n) is 29.9. The lowest BCUT2D eigenvalue weighted by molar-refractivity contribution is -0.138. The lowest BCUT2D eigenvalue weighted by atomic mass is 10.2. The molecule has 0 radical (unpaired) electrons. The molecular formula is C33H55BrN4O14. The number of hydrogen-bond acceptors (Lipinski definition) is 15. The summed E-state index contributed by atoms with van der Waals surface area (Å²) >= 11 is 3.25. The van der Waals surface area contributed by atoms with Crippen LogP contribution in [0.2, 0.25) is 0 Å². The van der Waals surface area contributed by atoms with E-state index in [4.69, 9.17) is 52.5 Å². The highest BCUT2D eigenvalue weighted by Crippen LogP contribution is 2.19. The second-order valence-corrected chi connectivity index (χ2v) is 11.9. The van der Waals surface area contributed by atoms with E-state index < -0.39 is 12.0 Å². The predicted molar refractivity (Wildman–Crippen MR) is 187 cm³/mol. The van der Waals surface area contributed by atoms with E-state index in [2.05, 4.69) is 31.2 Å². The van der Waals surface area contributed by atoms with Crippen LogP contribution in [0.1, 0.15) is 29.9 Å². The fourth-order valence-electron chi connectivity index (χ4n) is 4.44. The normalized spacial score (nSPS) is 14.2. The average Bonchev–Trinajstić information content (AvgIpc) is 3.64. The fraction of sp³-hybridized carbons (Fsp3) is 0.788. The van der Waals surface area contributed by atoms with Crippen LogP contribution in [0.3, 0.4) is 0 Å². The largest absolute Gasteiger partial charge is 0.481 e. The molecule has 2 amide bonds. The van der Waals surface area contributed by atoms with E-state index in [1.165, 1.54) is 17.3 Å². The van der Waals surface area contributed by atoms with Crippen LogP contribution < -0.4 is 5.32 Å². The number of ether oxygens (including phenoxy) is 10. The first-order valence-electron chi connectivity index (χ1n) is 17.5. The minimum absolute atomic E-state index is 0.0104. The maximum absolute atomic E-state index is 12.7. The summed E-state index contributed by atoms with van der Waals surface area (Å²) in [6.45, 7) is 9.27. The number of carbonyl (C=O) groups excluding carboxylic acids is 2. The molecule has 2 N–H and O–H groups in total. The van der Waals surface area contributed by atoms with Crippen LogP contribution in [-0.2, 0) is 57.0 Å². The molecule has 2 heterocycles. The van der Waals surface area contributed by atoms with E-state index in [1.54, 1.807) is 0 Å². The first-order valence-corrected chi connectivity index (χ1v) is 18.3. The molecule has 0 aromatic carbocycles. The number of nitrogens with one attached hydrogen (secondary N) is 1. The van der Waals surface area contributed by atoms with Crippen molar-refractivity contribution in [3.05, 3.63) is 22.7 Å². The van der Waals surface area contributed by atoms with Crippen LogP contribution in [0.25, 0.3) is 0 Å². The van der Waals surface area contributed by atoms with Crippen LogP contribution in [0.4, 0.5) is 0 Å². The van der Waals surface area contributed by atoms with Crippen molar-refractivity contribution in [2.75, 3.05) is 145 Å². The zero-order chi connectivity index (χ0) is 37.3. The number of aliphatic carboxylic acids is 1. The van der Waals surface area contributed by atoms with E-state index in [9.17, 15) is 14.4 Å². The van der Waals surface area contributed by atoms with Crippen LogP contribution in [0.15, 0.2) is 16.9 Å². The van der Waals surface area contributed by atoms with Gasteiger partial charge in [-0.1, -0.05) is 0 Å². The predicted octanol–water partition coefficient (Wildman–Crippen LogP) is 0.601. The first kappa shape index (κ1) is 45.7. The third kappa shape index (κ3) is 24.0. The van der Waals surface area contributed by atoms with Gasteiger partial charge >= 0.3 is 5.97 Å². The summed E-state index contributed by atoms with van der Waals surface area (Å²) in [4.78, 5) is 45.3. The Balaban J connectivity index is 1.23. The van der Waals surface area contributed by atoms with Crippen molar-refractivity contribution < 1.29 is 66.9 Å². The van der Waals surface area contributed by atoms with Gasteiger partial charge in [0.1, 0.15) is 6.04 Å². The molecule has 19 heteroatoms. The summed E-state index contributed by atoms with van der Waals surface area (Å²) in [6, 6.07) is -0.540. The van der Waals surface area contributed by atoms with Crippen LogP contribution in [-0.4, -0.2) is 189 Å². The van der Waals surface area contributed by atoms with Crippen LogP contribution in [0.5, 0.6) is 0 Å². The molecular weight excluding hydrogens is 756 g/mol. The number of rotatable bonds is 35. The number of likely N-dealkylation sites (tertiary alicyclic amines) is 1. The molecule has 18 nitrogen and oxygen atoms in total. The number of aromatic nitrogens is 2. The quantitative estimate of drug-likeness (QED) is 0.0901. The lowest BCUT2D eigenvalue weighted by Crippen LogP contribution is -2.47. The van der Waals surface area contributed by atoms with Gasteiger partial charge in [0.05, 0.1) is 143 Å². The van der Waals surface area contributed by atoms with Crippen molar-refractivity contribution in [1.82, 2.24) is 20.2 Å². The second-order valence-electron chi connectivity index (χ2n) is 10.9. The van der Waals surface area contributed by atoms with Gasteiger partial charge in [-0.3, -0.25) is 14.4 Å². The third-order valence-corrected chi connectivity index (χ3v) is 7.39. The maximum Gasteiger partial charge on any atom is 0.305 e. The fourth-order valence-corrected chi connectivity index (χ4v) is 4.64. The highest BCUT2D eigenvalue weighted by Gasteiger charge is 2.35. The molecule has 0 unspecified atom stereocenters. The summed E-state index contributed by atoms with van der Waals surface area (Å²) in [5, 5.41) is 11.3. The van der Waals surface area contributed by atoms with Gasteiger partial charge in [-0.15, -0.1) is 0 Å². The van der Waals surface area contributed by atoms with Gasteiger partial charge < -0.3 is 62.7 Å². The standard InChI is InChI=1S/C33H55BrN4O14/c34-28-26-36-31(37-27-28)33(42)38-5-1-2-29(38)32(41)35-4-7-44-9-11-46-13-15-48-17-19-50-21-23-52-25-24-51-22-20-49-18-16-47-14-12-45-10-8-43-6-3-30(39)40/h26-27,29H,1-25H2,(H,35,41)(H,39,40)/t29-/m0/s1. The Bertz CT molecular complexity index is 1060. The van der Waals surface area contributed by atoms with Gasteiger partial charge in [0.25, 0.3) is 5.91 Å². The molecule has 1 aliphatic heterocycles. The van der Waals surface area contributed by atoms with Crippen molar-refractivity contribution in [1.29, 1.82) is 0 Å². The Labute approximate surface area is 313 Å². The molecule has 1 aromatic heterocycles. The number of carboxylic acid groups (broad SMARTS) is 1. The molecule has 52 heavy (non-hydrogen) atoms. The average molecular weight is 812 g/mol. The molecule has 1 saturated heterocycles. The molecule has 0 saturated carbocycles. The summed E-state index contributed by atoms with van der Waals surface area (Å²) in [5.74, 6) is -1.37. The topological polar surface area (TPSA) is 205 Å². The van der Waals surface area contributed by atoms with Gasteiger partial charge in [-0.05, 0) is 28.8 Å². The van der Waals surface area contributed by atoms with Gasteiger partial charge in [0.15, 0.2) is 0 Å². The van der Waals surface area contributed by atoms with Crippen LogP contribution >= 0.6 is 15.9 Å². The monoisotopic (exact) mass is 810 g/mol. The second kappa shape index (κ2) is 32.0. The Morgan fingerprint density at radius 1 is 0.635 bits per heavy atom. The van der Waals surface area contributed by atoms with Gasteiger partial charge in [-0.2, -0.15) is 0 Å². The number of carboxylic acids is 1. The van der Waals surface area contributed by atoms with Crippen molar-refractivity contribution >= 4 is 33.7 Å². The minimum atomic E-state index is -0.881. The Hall–Kier alpha value is -2.43. The SMILES string of the molecule is O=C(O)CCOCCOCCOCCOCCOCCOCCOCCOCCOCCOCCNC(=O)[C@@H]1CCCN1C(=O)c1ncc(Br)cn1. The molecule has 0 bridgehead atoms. The number of hydrogen-bond donors (Lipinski definition) is 2. The smallest absolute Gasteiger partial charge is 0.305 e. The third-order valence-electron chi connectivity index (χ3n) is 6.98. The van der Waals surface area contributed by atoms with Gasteiger partial charge in [-0.25, -0.2) is 9.97 Å². The summed E-state index contributed by atoms with van der Waals surface area (Å²) in [5.41, 5.74) is 0. The summed E-state index contributed by atoms with van der Waals surface area (Å²) < 4.78 is 54.8. The summed E-state index contributed by atoms with van der Waals surface area (Å²) in [6.07, 6.45) is 4.35. The van der Waals surface area contributed by atoms with E-state index in [0.29, 0.717) is 150 Å². The Morgan fingerprint density at radius 2 is 1.00 bits per heavy atom. The van der Waals surface area contributed by atoms with E-state index in [0.717, 1.165) is 6.42 Å².